The molecule has 1 aliphatic rings. The maximum Gasteiger partial charge on any atom is 0.252 e. The van der Waals surface area contributed by atoms with Crippen LogP contribution in [0.1, 0.15) is 5.56 Å². The van der Waals surface area contributed by atoms with Crippen LogP contribution in [0.3, 0.4) is 0 Å². The van der Waals surface area contributed by atoms with Gasteiger partial charge in [0.2, 0.25) is 10.0 Å². The molecule has 1 atom stereocenters. The highest BCUT2D eigenvalue weighted by Crippen LogP contribution is 2.26. The highest BCUT2D eigenvalue weighted by atomic mass is 35.5. The molecule has 0 radical (unpaired) electrons. The molecule has 0 bridgehead atoms. The van der Waals surface area contributed by atoms with Crippen LogP contribution in [0, 0.1) is 6.92 Å². The van der Waals surface area contributed by atoms with E-state index in [0.29, 0.717) is 10.6 Å². The van der Waals surface area contributed by atoms with Crippen LogP contribution in [0.2, 0.25) is 5.02 Å². The van der Waals surface area contributed by atoms with E-state index in [1.807, 2.05) is 0 Å². The molecular weight excluding hydrogens is 328 g/mol. The third kappa shape index (κ3) is 3.27. The van der Waals surface area contributed by atoms with E-state index in [9.17, 15) is 13.2 Å². The first-order chi connectivity index (χ1) is 10.2. The molecule has 6 nitrogen and oxygen atoms in total. The average Bonchev–Trinajstić information content (AvgIpc) is 2.49. The Morgan fingerprint density at radius 2 is 2.09 bits per heavy atom. The predicted octanol–water partition coefficient (Wildman–Crippen LogP) is 1.13. The lowest BCUT2D eigenvalue weighted by atomic mass is 10.2. The lowest BCUT2D eigenvalue weighted by Crippen LogP contribution is -2.51. The summed E-state index contributed by atoms with van der Waals surface area (Å²) in [6.07, 6.45) is -0.780. The van der Waals surface area contributed by atoms with E-state index in [0.717, 1.165) is 0 Å². The van der Waals surface area contributed by atoms with Gasteiger partial charge in [-0.1, -0.05) is 17.7 Å². The Morgan fingerprint density at radius 3 is 2.73 bits per heavy atom. The number of morpholine rings is 1. The third-order valence-electron chi connectivity index (χ3n) is 3.58. The molecular formula is C14H19ClN2O4S. The van der Waals surface area contributed by atoms with E-state index in [1.54, 1.807) is 33.2 Å². The Hall–Kier alpha value is -1.15. The van der Waals surface area contributed by atoms with Gasteiger partial charge in [0.15, 0.2) is 0 Å². The Balaban J connectivity index is 2.30. The number of rotatable bonds is 3. The van der Waals surface area contributed by atoms with Crippen molar-refractivity contribution in [2.75, 3.05) is 33.8 Å². The van der Waals surface area contributed by atoms with Gasteiger partial charge in [0.05, 0.1) is 11.5 Å². The maximum absolute atomic E-state index is 12.8. The monoisotopic (exact) mass is 346 g/mol. The zero-order valence-corrected chi connectivity index (χ0v) is 14.3. The number of halogens is 1. The normalized spacial score (nSPS) is 19.9. The summed E-state index contributed by atoms with van der Waals surface area (Å²) in [4.78, 5) is 13.5. The summed E-state index contributed by atoms with van der Waals surface area (Å²) in [5, 5.41) is 0.398. The topological polar surface area (TPSA) is 66.9 Å². The Morgan fingerprint density at radius 1 is 1.41 bits per heavy atom. The number of benzene rings is 1. The smallest absolute Gasteiger partial charge is 0.252 e. The van der Waals surface area contributed by atoms with Crippen LogP contribution < -0.4 is 0 Å². The fraction of sp³-hybridized carbons (Fsp3) is 0.500. The highest BCUT2D eigenvalue weighted by molar-refractivity contribution is 7.89. The molecule has 1 unspecified atom stereocenters. The number of hydrogen-bond donors (Lipinski definition) is 0. The standard InChI is InChI=1S/C14H19ClN2O4S/c1-10-11(15)5-4-6-13(10)22(19,20)17-7-8-21-12(9-17)14(18)16(2)3/h4-6,12H,7-9H2,1-3H3. The molecule has 1 amide bonds. The van der Waals surface area contributed by atoms with Crippen molar-refractivity contribution in [3.63, 3.8) is 0 Å². The molecule has 0 aliphatic carbocycles. The number of carbonyl (C=O) groups excluding carboxylic acids is 1. The van der Waals surface area contributed by atoms with Crippen molar-refractivity contribution in [1.29, 1.82) is 0 Å². The first kappa shape index (κ1) is 17.2. The van der Waals surface area contributed by atoms with E-state index in [-0.39, 0.29) is 30.5 Å². The fourth-order valence-corrected chi connectivity index (χ4v) is 4.19. The van der Waals surface area contributed by atoms with Crippen molar-refractivity contribution in [2.45, 2.75) is 17.9 Å². The van der Waals surface area contributed by atoms with Crippen LogP contribution in [0.4, 0.5) is 0 Å². The van der Waals surface area contributed by atoms with Gasteiger partial charge in [0, 0.05) is 32.2 Å². The molecule has 1 heterocycles. The minimum Gasteiger partial charge on any atom is -0.366 e. The number of ether oxygens (including phenoxy) is 1. The number of likely N-dealkylation sites (N-methyl/N-ethyl adjacent to an activating group) is 1. The van der Waals surface area contributed by atoms with Crippen molar-refractivity contribution in [3.05, 3.63) is 28.8 Å². The first-order valence-corrected chi connectivity index (χ1v) is 8.65. The molecule has 1 aromatic rings. The maximum atomic E-state index is 12.8. The number of sulfonamides is 1. The average molecular weight is 347 g/mol. The molecule has 1 aliphatic heterocycles. The summed E-state index contributed by atoms with van der Waals surface area (Å²) in [5.41, 5.74) is 0.506. The van der Waals surface area contributed by atoms with Crippen molar-refractivity contribution in [1.82, 2.24) is 9.21 Å². The molecule has 0 spiro atoms. The van der Waals surface area contributed by atoms with Gasteiger partial charge in [-0.2, -0.15) is 4.31 Å². The summed E-state index contributed by atoms with van der Waals surface area (Å²) >= 11 is 6.01. The lowest BCUT2D eigenvalue weighted by Gasteiger charge is -2.32. The van der Waals surface area contributed by atoms with E-state index in [2.05, 4.69) is 0 Å². The second-order valence-corrected chi connectivity index (χ2v) is 7.63. The van der Waals surface area contributed by atoms with Crippen molar-refractivity contribution in [3.8, 4) is 0 Å². The zero-order chi connectivity index (χ0) is 16.5. The SMILES string of the molecule is Cc1c(Cl)cccc1S(=O)(=O)N1CCOC(C(=O)N(C)C)C1. The Labute approximate surface area is 135 Å². The quantitative estimate of drug-likeness (QED) is 0.822. The minimum absolute atomic E-state index is 0.00526. The van der Waals surface area contributed by atoms with Crippen molar-refractivity contribution < 1.29 is 17.9 Å². The zero-order valence-electron chi connectivity index (χ0n) is 12.7. The molecule has 122 valence electrons. The molecule has 0 aromatic heterocycles. The second kappa shape index (κ2) is 6.54. The van der Waals surface area contributed by atoms with Gasteiger partial charge in [0.1, 0.15) is 6.10 Å². The van der Waals surface area contributed by atoms with Crippen LogP contribution in [0.25, 0.3) is 0 Å². The molecule has 8 heteroatoms. The minimum atomic E-state index is -3.71. The fourth-order valence-electron chi connectivity index (χ4n) is 2.29. The second-order valence-electron chi connectivity index (χ2n) is 5.32. The summed E-state index contributed by atoms with van der Waals surface area (Å²) in [7, 11) is -0.486. The first-order valence-electron chi connectivity index (χ1n) is 6.83. The molecule has 1 aromatic carbocycles. The summed E-state index contributed by atoms with van der Waals surface area (Å²) < 4.78 is 32.2. The Kier molecular flexibility index (Phi) is 5.11. The van der Waals surface area contributed by atoms with Gasteiger partial charge >= 0.3 is 0 Å². The summed E-state index contributed by atoms with van der Waals surface area (Å²) in [5.74, 6) is -0.247. The van der Waals surface area contributed by atoms with E-state index in [1.165, 1.54) is 15.3 Å². The molecule has 22 heavy (non-hydrogen) atoms. The number of amides is 1. The van der Waals surface area contributed by atoms with Crippen LogP contribution in [0.5, 0.6) is 0 Å². The third-order valence-corrected chi connectivity index (χ3v) is 6.00. The van der Waals surface area contributed by atoms with Gasteiger partial charge in [-0.15, -0.1) is 0 Å². The predicted molar refractivity (Wildman–Crippen MR) is 83.4 cm³/mol. The van der Waals surface area contributed by atoms with E-state index < -0.39 is 16.1 Å². The van der Waals surface area contributed by atoms with Gasteiger partial charge in [-0.05, 0) is 24.6 Å². The molecule has 1 saturated heterocycles. The molecule has 0 N–H and O–H groups in total. The van der Waals surface area contributed by atoms with E-state index in [4.69, 9.17) is 16.3 Å². The van der Waals surface area contributed by atoms with Crippen LogP contribution in [0.15, 0.2) is 23.1 Å². The van der Waals surface area contributed by atoms with Gasteiger partial charge in [0.25, 0.3) is 5.91 Å². The van der Waals surface area contributed by atoms with Crippen molar-refractivity contribution in [2.24, 2.45) is 0 Å². The van der Waals surface area contributed by atoms with Crippen LogP contribution in [-0.4, -0.2) is 63.4 Å². The lowest BCUT2D eigenvalue weighted by molar-refractivity contribution is -0.144. The number of hydrogen-bond acceptors (Lipinski definition) is 4. The van der Waals surface area contributed by atoms with Crippen LogP contribution in [-0.2, 0) is 19.6 Å². The Bertz CT molecular complexity index is 675. The molecule has 0 saturated carbocycles. The molecule has 1 fully saturated rings. The summed E-state index contributed by atoms with van der Waals surface area (Å²) in [6.45, 7) is 2.07. The highest BCUT2D eigenvalue weighted by Gasteiger charge is 2.35. The summed E-state index contributed by atoms with van der Waals surface area (Å²) in [6, 6.07) is 4.77. The number of carbonyl (C=O) groups is 1. The van der Waals surface area contributed by atoms with Gasteiger partial charge in [-0.25, -0.2) is 8.42 Å². The van der Waals surface area contributed by atoms with Crippen molar-refractivity contribution >= 4 is 27.5 Å². The van der Waals surface area contributed by atoms with Gasteiger partial charge in [-0.3, -0.25) is 4.79 Å². The van der Waals surface area contributed by atoms with Crippen LogP contribution >= 0.6 is 11.6 Å². The molecule has 2 rings (SSSR count). The van der Waals surface area contributed by atoms with E-state index >= 15 is 0 Å². The largest absolute Gasteiger partial charge is 0.366 e. The van der Waals surface area contributed by atoms with Gasteiger partial charge < -0.3 is 9.64 Å². The number of nitrogens with zero attached hydrogens (tertiary/aromatic N) is 2.